The number of halogens is 2. The standard InChI is InChI=1S/C25H28ClN5O.C24H25ClN4O2.CH4/c1-5-18-16-29-25-20(24(18)28-15-17-6-7-23(32-4)21(26)12-17)13-19(27-2)14-22(25)31-10-8-30(3)9-11-31;1-4-17-15-28-24-19(12-18(26-2)13-21(24)29-7-9-31-10-8-29)23(17)27-14-16-5-6-22(30-3)20(25)11-16;/h6-7,12-14,16H,5,8-11,15H2,1,3-4H3,(H,28,29);5-6,11-13,15H,4,7-10,14H2,1,3H3,(H,27,28);1H4. The van der Waals surface area contributed by atoms with Gasteiger partial charge in [-0.2, -0.15) is 0 Å². The molecule has 0 radical (unpaired) electrons. The third-order valence-corrected chi connectivity index (χ3v) is 12.2. The SMILES string of the molecule is C.[C-]#[N+]c1cc(N2CCN(C)CC2)c2ncc(CC)c(NCc3ccc(OC)c(Cl)c3)c2c1.[C-]#[N+]c1cc(N2CCOCC2)c2ncc(CC)c(NCc3ccc(OC)c(Cl)c3)c2c1. The Morgan fingerprint density at radius 2 is 1.09 bits per heavy atom. The van der Waals surface area contributed by atoms with Gasteiger partial charge in [-0.15, -0.1) is 0 Å². The molecule has 0 aliphatic carbocycles. The van der Waals surface area contributed by atoms with Gasteiger partial charge in [0, 0.05) is 86.9 Å². The number of benzene rings is 4. The molecule has 64 heavy (non-hydrogen) atoms. The van der Waals surface area contributed by atoms with Crippen LogP contribution in [0.2, 0.25) is 10.0 Å². The van der Waals surface area contributed by atoms with Crippen molar-refractivity contribution < 1.29 is 14.2 Å². The second kappa shape index (κ2) is 22.1. The van der Waals surface area contributed by atoms with Crippen LogP contribution >= 0.6 is 23.2 Å². The third kappa shape index (κ3) is 10.7. The quantitative estimate of drug-likeness (QED) is 0.116. The molecule has 2 aliphatic heterocycles. The Bertz CT molecular complexity index is 2670. The molecule has 2 aromatic heterocycles. The van der Waals surface area contributed by atoms with Gasteiger partial charge >= 0.3 is 0 Å². The predicted octanol–water partition coefficient (Wildman–Crippen LogP) is 11.5. The number of hydrogen-bond acceptors (Lipinski definition) is 10. The number of nitrogens with one attached hydrogen (secondary N) is 2. The number of aryl methyl sites for hydroxylation is 2. The van der Waals surface area contributed by atoms with Gasteiger partial charge in [-0.1, -0.05) is 56.6 Å². The lowest BCUT2D eigenvalue weighted by Gasteiger charge is -2.34. The highest BCUT2D eigenvalue weighted by atomic mass is 35.5. The summed E-state index contributed by atoms with van der Waals surface area (Å²) in [5.74, 6) is 1.32. The molecule has 2 fully saturated rings. The molecule has 2 aliphatic rings. The van der Waals surface area contributed by atoms with Gasteiger partial charge in [0.25, 0.3) is 0 Å². The lowest BCUT2D eigenvalue weighted by atomic mass is 10.0. The number of ether oxygens (including phenoxy) is 3. The first-order valence-electron chi connectivity index (χ1n) is 21.2. The van der Waals surface area contributed by atoms with Gasteiger partial charge < -0.3 is 39.5 Å². The topological polar surface area (TPSA) is 96.0 Å². The van der Waals surface area contributed by atoms with Gasteiger partial charge in [0.1, 0.15) is 11.5 Å². The highest BCUT2D eigenvalue weighted by Crippen LogP contribution is 2.39. The van der Waals surface area contributed by atoms with Crippen LogP contribution in [0.1, 0.15) is 43.5 Å². The maximum atomic E-state index is 7.66. The first kappa shape index (κ1) is 47.5. The number of rotatable bonds is 12. The van der Waals surface area contributed by atoms with E-state index in [2.05, 4.69) is 55.9 Å². The molecule has 2 saturated heterocycles. The van der Waals surface area contributed by atoms with Crippen molar-refractivity contribution in [3.05, 3.63) is 128 Å². The van der Waals surface area contributed by atoms with Crippen LogP contribution in [0.5, 0.6) is 11.5 Å². The number of likely N-dealkylation sites (N-methyl/N-ethyl adjacent to an activating group) is 1. The number of hydrogen-bond donors (Lipinski definition) is 2. The van der Waals surface area contributed by atoms with Gasteiger partial charge in [-0.25, -0.2) is 9.69 Å². The fourth-order valence-electron chi connectivity index (χ4n) is 8.06. The van der Waals surface area contributed by atoms with Crippen LogP contribution in [0.15, 0.2) is 73.1 Å². The van der Waals surface area contributed by atoms with Crippen molar-refractivity contribution in [3.63, 3.8) is 0 Å². The number of piperazine rings is 1. The molecule has 0 unspecified atom stereocenters. The highest BCUT2D eigenvalue weighted by molar-refractivity contribution is 6.32. The van der Waals surface area contributed by atoms with E-state index >= 15 is 0 Å². The zero-order valence-corrected chi connectivity index (χ0v) is 38.0. The number of anilines is 4. The van der Waals surface area contributed by atoms with E-state index in [4.69, 9.17) is 60.5 Å². The zero-order valence-electron chi connectivity index (χ0n) is 36.5. The minimum Gasteiger partial charge on any atom is -0.495 e. The minimum atomic E-state index is 0. The first-order valence-corrected chi connectivity index (χ1v) is 22.0. The Balaban J connectivity index is 0.000000209. The van der Waals surface area contributed by atoms with Gasteiger partial charge in [0.2, 0.25) is 0 Å². The molecule has 14 heteroatoms. The molecule has 2 N–H and O–H groups in total. The average Bonchev–Trinajstić information content (AvgIpc) is 3.32. The zero-order chi connectivity index (χ0) is 44.5. The van der Waals surface area contributed by atoms with Crippen molar-refractivity contribution in [1.29, 1.82) is 0 Å². The van der Waals surface area contributed by atoms with Crippen molar-refractivity contribution >= 4 is 79.1 Å². The molecule has 6 aromatic rings. The minimum absolute atomic E-state index is 0. The number of fused-ring (bicyclic) bond motifs is 2. The summed E-state index contributed by atoms with van der Waals surface area (Å²) >= 11 is 12.6. The summed E-state index contributed by atoms with van der Waals surface area (Å²) in [6.07, 6.45) is 5.58. The highest BCUT2D eigenvalue weighted by Gasteiger charge is 2.21. The number of pyridine rings is 2. The normalized spacial score (nSPS) is 13.9. The van der Waals surface area contributed by atoms with E-state index in [1.54, 1.807) is 14.2 Å². The number of methoxy groups -OCH3 is 2. The number of morpholine rings is 1. The van der Waals surface area contributed by atoms with Crippen LogP contribution in [-0.2, 0) is 30.7 Å². The van der Waals surface area contributed by atoms with E-state index in [1.807, 2.05) is 73.1 Å². The maximum Gasteiger partial charge on any atom is 0.190 e. The Kier molecular flexibility index (Phi) is 16.4. The first-order chi connectivity index (χ1) is 30.7. The fourth-order valence-corrected chi connectivity index (χ4v) is 8.62. The van der Waals surface area contributed by atoms with E-state index < -0.39 is 0 Å². The van der Waals surface area contributed by atoms with Gasteiger partial charge in [-0.3, -0.25) is 9.97 Å². The van der Waals surface area contributed by atoms with Crippen molar-refractivity contribution in [2.75, 3.05) is 94.2 Å². The second-order valence-electron chi connectivity index (χ2n) is 15.5. The summed E-state index contributed by atoms with van der Waals surface area (Å²) in [6, 6.07) is 19.4. The molecule has 12 nitrogen and oxygen atoms in total. The fraction of sp³-hybridized carbons (Fsp3) is 0.360. The Labute approximate surface area is 387 Å². The summed E-state index contributed by atoms with van der Waals surface area (Å²) in [4.78, 5) is 24.1. The van der Waals surface area contributed by atoms with Crippen molar-refractivity contribution in [3.8, 4) is 11.5 Å². The van der Waals surface area contributed by atoms with Crippen molar-refractivity contribution in [1.82, 2.24) is 14.9 Å². The average molecular weight is 903 g/mol. The Hall–Kier alpha value is -6.02. The predicted molar refractivity (Wildman–Crippen MR) is 265 cm³/mol. The smallest absolute Gasteiger partial charge is 0.190 e. The van der Waals surface area contributed by atoms with Crippen LogP contribution in [0.3, 0.4) is 0 Å². The van der Waals surface area contributed by atoms with Crippen molar-refractivity contribution in [2.24, 2.45) is 0 Å². The van der Waals surface area contributed by atoms with Crippen LogP contribution in [0.25, 0.3) is 31.5 Å². The molecular formula is C50H57Cl2N9O3. The van der Waals surface area contributed by atoms with E-state index in [9.17, 15) is 0 Å². The van der Waals surface area contributed by atoms with E-state index in [0.717, 1.165) is 119 Å². The summed E-state index contributed by atoms with van der Waals surface area (Å²) in [5.41, 5.74) is 11.5. The maximum absolute atomic E-state index is 7.66. The molecule has 0 bridgehead atoms. The van der Waals surface area contributed by atoms with Gasteiger partial charge in [0.15, 0.2) is 11.4 Å². The van der Waals surface area contributed by atoms with E-state index in [0.29, 0.717) is 59.2 Å². The third-order valence-electron chi connectivity index (χ3n) is 11.6. The number of aromatic nitrogens is 2. The molecule has 0 spiro atoms. The van der Waals surface area contributed by atoms with Crippen LogP contribution in [0, 0.1) is 13.1 Å². The Morgan fingerprint density at radius 1 is 0.656 bits per heavy atom. The summed E-state index contributed by atoms with van der Waals surface area (Å²) < 4.78 is 16.0. The molecule has 8 rings (SSSR count). The van der Waals surface area contributed by atoms with Crippen LogP contribution in [0.4, 0.5) is 34.1 Å². The summed E-state index contributed by atoms with van der Waals surface area (Å²) in [5, 5.41) is 10.3. The molecule has 0 atom stereocenters. The molecule has 334 valence electrons. The van der Waals surface area contributed by atoms with Crippen LogP contribution < -0.4 is 29.9 Å². The largest absolute Gasteiger partial charge is 0.495 e. The summed E-state index contributed by atoms with van der Waals surface area (Å²) in [6.45, 7) is 27.5. The van der Waals surface area contributed by atoms with Crippen molar-refractivity contribution in [2.45, 2.75) is 47.2 Å². The van der Waals surface area contributed by atoms with Crippen LogP contribution in [-0.4, -0.2) is 88.6 Å². The molecule has 4 heterocycles. The summed E-state index contributed by atoms with van der Waals surface area (Å²) in [7, 11) is 5.36. The molecular weight excluding hydrogens is 846 g/mol. The van der Waals surface area contributed by atoms with Gasteiger partial charge in [0.05, 0.1) is 73.0 Å². The lowest BCUT2D eigenvalue weighted by molar-refractivity contribution is 0.123. The van der Waals surface area contributed by atoms with E-state index in [-0.39, 0.29) is 7.43 Å². The van der Waals surface area contributed by atoms with Gasteiger partial charge in [-0.05, 0) is 90.7 Å². The number of nitrogens with zero attached hydrogens (tertiary/aromatic N) is 7. The molecule has 0 amide bonds. The second-order valence-corrected chi connectivity index (χ2v) is 16.3. The van der Waals surface area contributed by atoms with E-state index in [1.165, 1.54) is 0 Å². The molecule has 0 saturated carbocycles. The Morgan fingerprint density at radius 3 is 1.48 bits per heavy atom. The lowest BCUT2D eigenvalue weighted by Crippen LogP contribution is -2.44. The monoisotopic (exact) mass is 901 g/mol. The molecule has 4 aromatic carbocycles.